The highest BCUT2D eigenvalue weighted by molar-refractivity contribution is 8.00. The van der Waals surface area contributed by atoms with Crippen LogP contribution in [0.4, 0.5) is 5.69 Å². The van der Waals surface area contributed by atoms with E-state index in [1.807, 2.05) is 104 Å². The number of amides is 1. The van der Waals surface area contributed by atoms with Crippen LogP contribution >= 0.6 is 11.8 Å². The van der Waals surface area contributed by atoms with Gasteiger partial charge in [-0.05, 0) is 49.2 Å². The van der Waals surface area contributed by atoms with E-state index in [2.05, 4.69) is 15.5 Å². The molecule has 7 heteroatoms. The molecular formula is C26H26N4O2S. The molecule has 1 amide bonds. The van der Waals surface area contributed by atoms with Crippen LogP contribution in [0, 0.1) is 6.92 Å². The number of aryl methyl sites for hydroxylation is 1. The Morgan fingerprint density at radius 2 is 1.70 bits per heavy atom. The highest BCUT2D eigenvalue weighted by Crippen LogP contribution is 2.28. The number of anilines is 1. The number of ether oxygens (including phenoxy) is 1. The zero-order chi connectivity index (χ0) is 23.2. The molecule has 4 rings (SSSR count). The van der Waals surface area contributed by atoms with Crippen molar-refractivity contribution >= 4 is 23.4 Å². The first-order valence-electron chi connectivity index (χ1n) is 10.7. The van der Waals surface area contributed by atoms with Crippen molar-refractivity contribution in [3.8, 4) is 17.1 Å². The SMILES string of the molecule is Cc1ccccc1-c1nnc(S[C@H](C)C(=O)Nc2ccc(OCc3ccccc3)cc2)n1C. The second kappa shape index (κ2) is 10.4. The lowest BCUT2D eigenvalue weighted by Gasteiger charge is -2.13. The number of carbonyl (C=O) groups excluding carboxylic acids is 1. The van der Waals surface area contributed by atoms with Gasteiger partial charge in [0.1, 0.15) is 12.4 Å². The second-order valence-corrected chi connectivity index (χ2v) is 9.04. The number of carbonyl (C=O) groups is 1. The van der Waals surface area contributed by atoms with Crippen molar-refractivity contribution in [2.24, 2.45) is 7.05 Å². The van der Waals surface area contributed by atoms with Crippen molar-refractivity contribution in [1.82, 2.24) is 14.8 Å². The summed E-state index contributed by atoms with van der Waals surface area (Å²) in [5.41, 5.74) is 3.99. The molecule has 3 aromatic carbocycles. The molecular weight excluding hydrogens is 432 g/mol. The number of hydrogen-bond donors (Lipinski definition) is 1. The number of nitrogens with one attached hydrogen (secondary N) is 1. The highest BCUT2D eigenvalue weighted by atomic mass is 32.2. The first-order chi connectivity index (χ1) is 16.0. The molecule has 0 aliphatic heterocycles. The van der Waals surface area contributed by atoms with Gasteiger partial charge in [0.2, 0.25) is 5.91 Å². The van der Waals surface area contributed by atoms with E-state index in [9.17, 15) is 4.79 Å². The fraction of sp³-hybridized carbons (Fsp3) is 0.192. The molecule has 4 aromatic rings. The number of nitrogens with zero attached hydrogens (tertiary/aromatic N) is 3. The van der Waals surface area contributed by atoms with Crippen molar-refractivity contribution in [3.63, 3.8) is 0 Å². The average molecular weight is 459 g/mol. The van der Waals surface area contributed by atoms with E-state index in [1.54, 1.807) is 0 Å². The molecule has 6 nitrogen and oxygen atoms in total. The third-order valence-corrected chi connectivity index (χ3v) is 6.38. The number of rotatable bonds is 8. The van der Waals surface area contributed by atoms with Gasteiger partial charge >= 0.3 is 0 Å². The van der Waals surface area contributed by atoms with Gasteiger partial charge in [-0.2, -0.15) is 0 Å². The maximum Gasteiger partial charge on any atom is 0.237 e. The summed E-state index contributed by atoms with van der Waals surface area (Å²) in [6.07, 6.45) is 0. The predicted octanol–water partition coefficient (Wildman–Crippen LogP) is 5.49. The van der Waals surface area contributed by atoms with Crippen molar-refractivity contribution in [1.29, 1.82) is 0 Å². The van der Waals surface area contributed by atoms with E-state index in [1.165, 1.54) is 11.8 Å². The summed E-state index contributed by atoms with van der Waals surface area (Å²) >= 11 is 1.38. The molecule has 0 saturated heterocycles. The summed E-state index contributed by atoms with van der Waals surface area (Å²) in [6, 6.07) is 25.4. The molecule has 0 spiro atoms. The molecule has 1 atom stereocenters. The van der Waals surface area contributed by atoms with Crippen molar-refractivity contribution in [3.05, 3.63) is 90.0 Å². The fourth-order valence-corrected chi connectivity index (χ4v) is 4.12. The summed E-state index contributed by atoms with van der Waals surface area (Å²) in [5, 5.41) is 11.9. The quantitative estimate of drug-likeness (QED) is 0.354. The van der Waals surface area contributed by atoms with Crippen LogP contribution in [0.1, 0.15) is 18.1 Å². The molecule has 0 bridgehead atoms. The topological polar surface area (TPSA) is 69.0 Å². The van der Waals surface area contributed by atoms with E-state index in [0.717, 1.165) is 34.0 Å². The van der Waals surface area contributed by atoms with Gasteiger partial charge in [0, 0.05) is 18.3 Å². The van der Waals surface area contributed by atoms with Gasteiger partial charge in [-0.1, -0.05) is 66.4 Å². The Balaban J connectivity index is 1.34. The molecule has 0 saturated carbocycles. The Morgan fingerprint density at radius 1 is 1.00 bits per heavy atom. The third kappa shape index (κ3) is 5.62. The third-order valence-electron chi connectivity index (χ3n) is 5.24. The summed E-state index contributed by atoms with van der Waals surface area (Å²) in [4.78, 5) is 12.7. The molecule has 33 heavy (non-hydrogen) atoms. The van der Waals surface area contributed by atoms with Gasteiger partial charge < -0.3 is 14.6 Å². The first kappa shape index (κ1) is 22.6. The lowest BCUT2D eigenvalue weighted by atomic mass is 10.1. The number of hydrogen-bond acceptors (Lipinski definition) is 5. The molecule has 1 aromatic heterocycles. The van der Waals surface area contributed by atoms with Crippen LogP contribution in [0.25, 0.3) is 11.4 Å². The summed E-state index contributed by atoms with van der Waals surface area (Å²) in [5.74, 6) is 1.44. The molecule has 0 aliphatic carbocycles. The largest absolute Gasteiger partial charge is 0.489 e. The van der Waals surface area contributed by atoms with Gasteiger partial charge in [-0.3, -0.25) is 4.79 Å². The summed E-state index contributed by atoms with van der Waals surface area (Å²) in [7, 11) is 1.92. The second-order valence-electron chi connectivity index (χ2n) is 7.73. The Morgan fingerprint density at radius 3 is 2.42 bits per heavy atom. The first-order valence-corrected chi connectivity index (χ1v) is 11.6. The molecule has 0 radical (unpaired) electrons. The number of thioether (sulfide) groups is 1. The van der Waals surface area contributed by atoms with Crippen LogP contribution in [-0.2, 0) is 18.4 Å². The van der Waals surface area contributed by atoms with E-state index in [4.69, 9.17) is 4.74 Å². The van der Waals surface area contributed by atoms with Crippen LogP contribution < -0.4 is 10.1 Å². The van der Waals surface area contributed by atoms with Gasteiger partial charge in [-0.25, -0.2) is 0 Å². The minimum Gasteiger partial charge on any atom is -0.489 e. The molecule has 0 fully saturated rings. The lowest BCUT2D eigenvalue weighted by molar-refractivity contribution is -0.115. The number of benzene rings is 3. The molecule has 168 valence electrons. The predicted molar refractivity (Wildman–Crippen MR) is 132 cm³/mol. The summed E-state index contributed by atoms with van der Waals surface area (Å²) in [6.45, 7) is 4.41. The Labute approximate surface area is 198 Å². The normalized spacial score (nSPS) is 11.7. The molecule has 1 N–H and O–H groups in total. The van der Waals surface area contributed by atoms with Crippen LogP contribution in [0.5, 0.6) is 5.75 Å². The number of aromatic nitrogens is 3. The minimum absolute atomic E-state index is 0.0987. The van der Waals surface area contributed by atoms with Gasteiger partial charge in [0.15, 0.2) is 11.0 Å². The molecule has 1 heterocycles. The molecule has 0 aliphatic rings. The monoisotopic (exact) mass is 458 g/mol. The zero-order valence-electron chi connectivity index (χ0n) is 18.9. The van der Waals surface area contributed by atoms with Crippen molar-refractivity contribution in [2.75, 3.05) is 5.32 Å². The fourth-order valence-electron chi connectivity index (χ4n) is 3.31. The van der Waals surface area contributed by atoms with Crippen LogP contribution in [-0.4, -0.2) is 25.9 Å². The maximum atomic E-state index is 12.7. The van der Waals surface area contributed by atoms with E-state index < -0.39 is 0 Å². The van der Waals surface area contributed by atoms with Gasteiger partial charge in [0.05, 0.1) is 5.25 Å². The highest BCUT2D eigenvalue weighted by Gasteiger charge is 2.20. The van der Waals surface area contributed by atoms with Crippen molar-refractivity contribution in [2.45, 2.75) is 30.9 Å². The van der Waals surface area contributed by atoms with Crippen molar-refractivity contribution < 1.29 is 9.53 Å². The van der Waals surface area contributed by atoms with Crippen LogP contribution in [0.15, 0.2) is 84.0 Å². The van der Waals surface area contributed by atoms with Gasteiger partial charge in [-0.15, -0.1) is 10.2 Å². The Bertz CT molecular complexity index is 1220. The Hall–Kier alpha value is -3.58. The van der Waals surface area contributed by atoms with E-state index in [0.29, 0.717) is 11.8 Å². The van der Waals surface area contributed by atoms with E-state index in [-0.39, 0.29) is 11.2 Å². The Kier molecular flexibility index (Phi) is 7.10. The summed E-state index contributed by atoms with van der Waals surface area (Å²) < 4.78 is 7.73. The average Bonchev–Trinajstić information content (AvgIpc) is 3.19. The maximum absolute atomic E-state index is 12.7. The van der Waals surface area contributed by atoms with Gasteiger partial charge in [0.25, 0.3) is 0 Å². The van der Waals surface area contributed by atoms with Crippen LogP contribution in [0.3, 0.4) is 0 Å². The lowest BCUT2D eigenvalue weighted by Crippen LogP contribution is -2.22. The van der Waals surface area contributed by atoms with Crippen LogP contribution in [0.2, 0.25) is 0 Å². The van der Waals surface area contributed by atoms with E-state index >= 15 is 0 Å². The standard InChI is InChI=1S/C26H26N4O2S/c1-18-9-7-8-12-23(18)24-28-29-26(30(24)3)33-19(2)25(31)27-21-13-15-22(16-14-21)32-17-20-10-5-4-6-11-20/h4-16,19H,17H2,1-3H3,(H,27,31)/t19-/m1/s1. The zero-order valence-corrected chi connectivity index (χ0v) is 19.7. The minimum atomic E-state index is -0.341. The molecule has 0 unspecified atom stereocenters. The smallest absolute Gasteiger partial charge is 0.237 e.